The predicted octanol–water partition coefficient (Wildman–Crippen LogP) is 1.69. The summed E-state index contributed by atoms with van der Waals surface area (Å²) < 4.78 is 22.9. The van der Waals surface area contributed by atoms with Gasteiger partial charge >= 0.3 is 5.97 Å². The lowest BCUT2D eigenvalue weighted by atomic mass is 10.0. The van der Waals surface area contributed by atoms with E-state index in [-0.39, 0.29) is 11.8 Å². The normalized spacial score (nSPS) is 18.9. The summed E-state index contributed by atoms with van der Waals surface area (Å²) in [6.07, 6.45) is 0.601. The second-order valence-corrected chi connectivity index (χ2v) is 3.42. The van der Waals surface area contributed by atoms with Crippen LogP contribution >= 0.6 is 0 Å². The third-order valence-corrected chi connectivity index (χ3v) is 2.43. The second-order valence-electron chi connectivity index (χ2n) is 3.42. The molecule has 1 aliphatic heterocycles. The van der Waals surface area contributed by atoms with E-state index in [1.54, 1.807) is 6.07 Å². The maximum absolute atomic E-state index is 12.9. The molecule has 15 heavy (non-hydrogen) atoms. The molecule has 4 heteroatoms. The summed E-state index contributed by atoms with van der Waals surface area (Å²) in [6.45, 7) is 0. The minimum absolute atomic E-state index is 0.283. The minimum Gasteiger partial charge on any atom is -0.478 e. The monoisotopic (exact) mass is 210 g/mol. The number of halogens is 1. The van der Waals surface area contributed by atoms with Gasteiger partial charge in [0.2, 0.25) is 0 Å². The Labute approximate surface area is 86.8 Å². The number of aryl methyl sites for hydroxylation is 1. The molecule has 0 aromatic heterocycles. The Balaban J connectivity index is 2.20. The van der Waals surface area contributed by atoms with Crippen LogP contribution in [0.1, 0.15) is 12.0 Å². The third-order valence-electron chi connectivity index (χ3n) is 2.43. The summed E-state index contributed by atoms with van der Waals surface area (Å²) in [6, 6.07) is 4.29. The molecule has 1 aromatic rings. The zero-order chi connectivity index (χ0) is 10.8. The second kappa shape index (κ2) is 3.88. The predicted molar refractivity (Wildman–Crippen MR) is 51.2 cm³/mol. The summed E-state index contributed by atoms with van der Waals surface area (Å²) in [7, 11) is 1.33. The minimum atomic E-state index is -0.562. The van der Waals surface area contributed by atoms with E-state index in [0.29, 0.717) is 18.6 Å². The Morgan fingerprint density at radius 3 is 3.13 bits per heavy atom. The molecule has 0 spiro atoms. The molecule has 1 heterocycles. The first kappa shape index (κ1) is 9.96. The molecule has 1 aromatic carbocycles. The first-order valence-electron chi connectivity index (χ1n) is 4.73. The lowest BCUT2D eigenvalue weighted by Crippen LogP contribution is -2.32. The Morgan fingerprint density at radius 1 is 1.60 bits per heavy atom. The fourth-order valence-electron chi connectivity index (χ4n) is 1.65. The third kappa shape index (κ3) is 1.93. The number of hydrogen-bond acceptors (Lipinski definition) is 3. The van der Waals surface area contributed by atoms with Gasteiger partial charge in [0, 0.05) is 0 Å². The van der Waals surface area contributed by atoms with Crippen molar-refractivity contribution in [1.29, 1.82) is 0 Å². The quantitative estimate of drug-likeness (QED) is 0.662. The molecule has 1 aliphatic rings. The van der Waals surface area contributed by atoms with Crippen molar-refractivity contribution in [2.45, 2.75) is 18.9 Å². The SMILES string of the molecule is COC(=O)[C@@H]1CCc2cc(F)ccc2O1. The van der Waals surface area contributed by atoms with Gasteiger partial charge in [0.05, 0.1) is 7.11 Å². The molecule has 0 fully saturated rings. The molecule has 0 aliphatic carbocycles. The van der Waals surface area contributed by atoms with E-state index in [0.717, 1.165) is 5.56 Å². The van der Waals surface area contributed by atoms with Gasteiger partial charge in [0.25, 0.3) is 0 Å². The van der Waals surface area contributed by atoms with E-state index in [9.17, 15) is 9.18 Å². The smallest absolute Gasteiger partial charge is 0.347 e. The lowest BCUT2D eigenvalue weighted by molar-refractivity contribution is -0.149. The molecule has 0 N–H and O–H groups in total. The zero-order valence-corrected chi connectivity index (χ0v) is 8.33. The van der Waals surface area contributed by atoms with Crippen LogP contribution in [-0.4, -0.2) is 19.2 Å². The molecule has 1 atom stereocenters. The van der Waals surface area contributed by atoms with Crippen molar-refractivity contribution in [3.63, 3.8) is 0 Å². The standard InChI is InChI=1S/C11H11FO3/c1-14-11(13)10-4-2-7-6-8(12)3-5-9(7)15-10/h3,5-6,10H,2,4H2,1H3/t10-/m0/s1. The molecule has 0 radical (unpaired) electrons. The van der Waals surface area contributed by atoms with Crippen LogP contribution < -0.4 is 4.74 Å². The van der Waals surface area contributed by atoms with Crippen molar-refractivity contribution < 1.29 is 18.7 Å². The number of carbonyl (C=O) groups excluding carboxylic acids is 1. The molecular weight excluding hydrogens is 199 g/mol. The maximum Gasteiger partial charge on any atom is 0.347 e. The van der Waals surface area contributed by atoms with Crippen LogP contribution in [0.15, 0.2) is 18.2 Å². The first-order chi connectivity index (χ1) is 7.20. The molecule has 3 nitrogen and oxygen atoms in total. The van der Waals surface area contributed by atoms with Crippen LogP contribution in [-0.2, 0) is 16.0 Å². The van der Waals surface area contributed by atoms with Gasteiger partial charge in [-0.3, -0.25) is 0 Å². The highest BCUT2D eigenvalue weighted by Crippen LogP contribution is 2.28. The fraction of sp³-hybridized carbons (Fsp3) is 0.364. The summed E-state index contributed by atoms with van der Waals surface area (Å²) in [5.74, 6) is -0.100. The van der Waals surface area contributed by atoms with Crippen molar-refractivity contribution in [2.24, 2.45) is 0 Å². The van der Waals surface area contributed by atoms with Crippen molar-refractivity contribution in [1.82, 2.24) is 0 Å². The number of benzene rings is 1. The maximum atomic E-state index is 12.9. The van der Waals surface area contributed by atoms with Gasteiger partial charge in [0.1, 0.15) is 11.6 Å². The van der Waals surface area contributed by atoms with Crippen LogP contribution in [0.5, 0.6) is 5.75 Å². The van der Waals surface area contributed by atoms with Gasteiger partial charge < -0.3 is 9.47 Å². The molecule has 80 valence electrons. The van der Waals surface area contributed by atoms with E-state index in [2.05, 4.69) is 4.74 Å². The molecule has 0 saturated carbocycles. The van der Waals surface area contributed by atoms with E-state index >= 15 is 0 Å². The fourth-order valence-corrected chi connectivity index (χ4v) is 1.65. The van der Waals surface area contributed by atoms with Crippen molar-refractivity contribution >= 4 is 5.97 Å². The van der Waals surface area contributed by atoms with Crippen LogP contribution in [0, 0.1) is 5.82 Å². The van der Waals surface area contributed by atoms with Crippen molar-refractivity contribution in [3.8, 4) is 5.75 Å². The van der Waals surface area contributed by atoms with Gasteiger partial charge in [-0.05, 0) is 36.6 Å². The molecule has 0 amide bonds. The summed E-state index contributed by atoms with van der Waals surface area (Å²) >= 11 is 0. The van der Waals surface area contributed by atoms with Crippen molar-refractivity contribution in [3.05, 3.63) is 29.6 Å². The number of methoxy groups -OCH3 is 1. The molecule has 2 rings (SSSR count). The average molecular weight is 210 g/mol. The molecule has 0 bridgehead atoms. The summed E-state index contributed by atoms with van der Waals surface area (Å²) in [5, 5.41) is 0. The number of ether oxygens (including phenoxy) is 2. The van der Waals surface area contributed by atoms with Crippen LogP contribution in [0.4, 0.5) is 4.39 Å². The lowest BCUT2D eigenvalue weighted by Gasteiger charge is -2.23. The highest BCUT2D eigenvalue weighted by molar-refractivity contribution is 5.75. The number of hydrogen-bond donors (Lipinski definition) is 0. The van der Waals surface area contributed by atoms with Gasteiger partial charge in [-0.1, -0.05) is 0 Å². The number of carbonyl (C=O) groups is 1. The van der Waals surface area contributed by atoms with Gasteiger partial charge in [-0.15, -0.1) is 0 Å². The topological polar surface area (TPSA) is 35.5 Å². The Morgan fingerprint density at radius 2 is 2.40 bits per heavy atom. The number of esters is 1. The Bertz CT molecular complexity index is 389. The molecule has 0 saturated heterocycles. The first-order valence-corrected chi connectivity index (χ1v) is 4.73. The van der Waals surface area contributed by atoms with Crippen LogP contribution in [0.2, 0.25) is 0 Å². The highest BCUT2D eigenvalue weighted by atomic mass is 19.1. The molecular formula is C11H11FO3. The Hall–Kier alpha value is -1.58. The van der Waals surface area contributed by atoms with Gasteiger partial charge in [-0.25, -0.2) is 9.18 Å². The van der Waals surface area contributed by atoms with Crippen LogP contribution in [0.25, 0.3) is 0 Å². The van der Waals surface area contributed by atoms with E-state index in [1.807, 2.05) is 0 Å². The number of fused-ring (bicyclic) bond motifs is 1. The summed E-state index contributed by atoms with van der Waals surface area (Å²) in [4.78, 5) is 11.2. The van der Waals surface area contributed by atoms with Gasteiger partial charge in [-0.2, -0.15) is 0 Å². The van der Waals surface area contributed by atoms with E-state index in [4.69, 9.17) is 4.74 Å². The Kier molecular flexibility index (Phi) is 2.58. The van der Waals surface area contributed by atoms with Crippen LogP contribution in [0.3, 0.4) is 0 Å². The highest BCUT2D eigenvalue weighted by Gasteiger charge is 2.26. The summed E-state index contributed by atoms with van der Waals surface area (Å²) in [5.41, 5.74) is 0.801. The molecule has 0 unspecified atom stereocenters. The van der Waals surface area contributed by atoms with E-state index in [1.165, 1.54) is 19.2 Å². The van der Waals surface area contributed by atoms with Crippen molar-refractivity contribution in [2.75, 3.05) is 7.11 Å². The largest absolute Gasteiger partial charge is 0.478 e. The zero-order valence-electron chi connectivity index (χ0n) is 8.33. The van der Waals surface area contributed by atoms with Gasteiger partial charge in [0.15, 0.2) is 6.10 Å². The van der Waals surface area contributed by atoms with E-state index < -0.39 is 6.10 Å². The number of rotatable bonds is 1. The average Bonchev–Trinajstić information content (AvgIpc) is 2.27.